The minimum absolute atomic E-state index is 0.159. The lowest BCUT2D eigenvalue weighted by molar-refractivity contribution is 0.0513. The fourth-order valence-corrected chi connectivity index (χ4v) is 1.30. The van der Waals surface area contributed by atoms with Crippen molar-refractivity contribution < 1.29 is 9.53 Å². The molecule has 0 amide bonds. The molecule has 15 heavy (non-hydrogen) atoms. The van der Waals surface area contributed by atoms with Crippen molar-refractivity contribution in [2.75, 3.05) is 11.9 Å². The third-order valence-corrected chi connectivity index (χ3v) is 4.09. The van der Waals surface area contributed by atoms with E-state index in [0.717, 1.165) is 10.9 Å². The standard InChI is InChI=1S/C11H12Br2O2/c1-8-2-4-9(5-3-8)11(14)15-7-10(13)6-12/h2-5,10H,6-7H2,1H3. The van der Waals surface area contributed by atoms with Crippen molar-refractivity contribution in [2.24, 2.45) is 0 Å². The van der Waals surface area contributed by atoms with Gasteiger partial charge in [-0.25, -0.2) is 4.79 Å². The second-order valence-corrected chi connectivity index (χ2v) is 5.16. The van der Waals surface area contributed by atoms with Crippen LogP contribution in [-0.2, 0) is 4.74 Å². The zero-order chi connectivity index (χ0) is 11.3. The molecule has 0 radical (unpaired) electrons. The van der Waals surface area contributed by atoms with Gasteiger partial charge in [0.25, 0.3) is 0 Å². The van der Waals surface area contributed by atoms with E-state index in [0.29, 0.717) is 12.2 Å². The molecule has 1 aromatic rings. The van der Waals surface area contributed by atoms with Crippen LogP contribution in [0.5, 0.6) is 0 Å². The van der Waals surface area contributed by atoms with E-state index in [9.17, 15) is 4.79 Å². The molecule has 0 N–H and O–H groups in total. The predicted molar refractivity (Wildman–Crippen MR) is 68.0 cm³/mol. The molecule has 0 fully saturated rings. The summed E-state index contributed by atoms with van der Waals surface area (Å²) in [6.45, 7) is 2.35. The van der Waals surface area contributed by atoms with Gasteiger partial charge in [-0.1, -0.05) is 49.6 Å². The molecule has 0 aliphatic carbocycles. The van der Waals surface area contributed by atoms with Crippen molar-refractivity contribution in [3.8, 4) is 0 Å². The van der Waals surface area contributed by atoms with Crippen LogP contribution in [0.2, 0.25) is 0 Å². The number of aryl methyl sites for hydroxylation is 1. The maximum atomic E-state index is 11.5. The van der Waals surface area contributed by atoms with Gasteiger partial charge in [-0.15, -0.1) is 0 Å². The summed E-state index contributed by atoms with van der Waals surface area (Å²) < 4.78 is 5.10. The van der Waals surface area contributed by atoms with E-state index in [2.05, 4.69) is 31.9 Å². The zero-order valence-corrected chi connectivity index (χ0v) is 11.5. The smallest absolute Gasteiger partial charge is 0.338 e. The monoisotopic (exact) mass is 334 g/mol. The first-order valence-electron chi connectivity index (χ1n) is 4.57. The molecule has 0 spiro atoms. The lowest BCUT2D eigenvalue weighted by Crippen LogP contribution is -2.14. The summed E-state index contributed by atoms with van der Waals surface area (Å²) in [6, 6.07) is 7.34. The van der Waals surface area contributed by atoms with Crippen molar-refractivity contribution in [3.63, 3.8) is 0 Å². The number of benzene rings is 1. The lowest BCUT2D eigenvalue weighted by atomic mass is 10.1. The zero-order valence-electron chi connectivity index (χ0n) is 8.37. The van der Waals surface area contributed by atoms with Crippen LogP contribution < -0.4 is 0 Å². The number of halogens is 2. The molecule has 0 aliphatic rings. The third-order valence-electron chi connectivity index (χ3n) is 1.85. The molecule has 82 valence electrons. The summed E-state index contributed by atoms with van der Waals surface area (Å²) in [5, 5.41) is 0.758. The molecule has 2 nitrogen and oxygen atoms in total. The molecule has 0 aromatic heterocycles. The number of alkyl halides is 2. The molecule has 0 aliphatic heterocycles. The number of hydrogen-bond acceptors (Lipinski definition) is 2. The quantitative estimate of drug-likeness (QED) is 0.623. The van der Waals surface area contributed by atoms with Crippen molar-refractivity contribution in [1.82, 2.24) is 0 Å². The van der Waals surface area contributed by atoms with Gasteiger partial charge < -0.3 is 4.74 Å². The van der Waals surface area contributed by atoms with Gasteiger partial charge in [-0.05, 0) is 19.1 Å². The van der Waals surface area contributed by atoms with Gasteiger partial charge in [0.2, 0.25) is 0 Å². The van der Waals surface area contributed by atoms with Crippen molar-refractivity contribution in [1.29, 1.82) is 0 Å². The third kappa shape index (κ3) is 4.34. The van der Waals surface area contributed by atoms with Crippen LogP contribution in [0, 0.1) is 6.92 Å². The van der Waals surface area contributed by atoms with Gasteiger partial charge in [0.15, 0.2) is 0 Å². The van der Waals surface area contributed by atoms with Crippen molar-refractivity contribution in [2.45, 2.75) is 11.8 Å². The number of hydrogen-bond donors (Lipinski definition) is 0. The average molecular weight is 336 g/mol. The molecule has 0 saturated heterocycles. The number of rotatable bonds is 4. The van der Waals surface area contributed by atoms with E-state index < -0.39 is 0 Å². The van der Waals surface area contributed by atoms with E-state index in [4.69, 9.17) is 4.74 Å². The highest BCUT2D eigenvalue weighted by Crippen LogP contribution is 2.08. The normalized spacial score (nSPS) is 12.2. The Morgan fingerprint density at radius 3 is 2.53 bits per heavy atom. The molecule has 0 heterocycles. The van der Waals surface area contributed by atoms with Crippen LogP contribution in [0.4, 0.5) is 0 Å². The molecule has 1 unspecified atom stereocenters. The Morgan fingerprint density at radius 1 is 1.40 bits per heavy atom. The number of esters is 1. The minimum atomic E-state index is -0.277. The van der Waals surface area contributed by atoms with Gasteiger partial charge >= 0.3 is 5.97 Å². The first-order valence-corrected chi connectivity index (χ1v) is 6.61. The van der Waals surface area contributed by atoms with Gasteiger partial charge in [0.05, 0.1) is 10.4 Å². The number of carbonyl (C=O) groups is 1. The molecule has 0 bridgehead atoms. The van der Waals surface area contributed by atoms with E-state index in [1.165, 1.54) is 0 Å². The van der Waals surface area contributed by atoms with E-state index in [-0.39, 0.29) is 10.8 Å². The van der Waals surface area contributed by atoms with Gasteiger partial charge in [0, 0.05) is 5.33 Å². The Hall–Kier alpha value is -0.350. The molecular weight excluding hydrogens is 324 g/mol. The minimum Gasteiger partial charge on any atom is -0.461 e. The first kappa shape index (κ1) is 12.7. The molecule has 1 aromatic carbocycles. The summed E-state index contributed by atoms with van der Waals surface area (Å²) in [7, 11) is 0. The fraction of sp³-hybridized carbons (Fsp3) is 0.364. The largest absolute Gasteiger partial charge is 0.461 e. The summed E-state index contributed by atoms with van der Waals surface area (Å²) >= 11 is 6.66. The average Bonchev–Trinajstić information content (AvgIpc) is 2.26. The van der Waals surface area contributed by atoms with Crippen LogP contribution in [0.1, 0.15) is 15.9 Å². The maximum Gasteiger partial charge on any atom is 0.338 e. The molecular formula is C11H12Br2O2. The Kier molecular flexibility index (Phi) is 5.32. The number of carbonyl (C=O) groups excluding carboxylic acids is 1. The van der Waals surface area contributed by atoms with Gasteiger partial charge in [0.1, 0.15) is 6.61 Å². The second kappa shape index (κ2) is 6.28. The fourth-order valence-electron chi connectivity index (χ4n) is 0.984. The molecule has 0 saturated carbocycles. The SMILES string of the molecule is Cc1ccc(C(=O)OCC(Br)CBr)cc1. The Balaban J connectivity index is 2.50. The van der Waals surface area contributed by atoms with E-state index in [1.807, 2.05) is 19.1 Å². The van der Waals surface area contributed by atoms with Crippen LogP contribution >= 0.6 is 31.9 Å². The molecule has 1 atom stereocenters. The van der Waals surface area contributed by atoms with Crippen molar-refractivity contribution >= 4 is 37.8 Å². The topological polar surface area (TPSA) is 26.3 Å². The van der Waals surface area contributed by atoms with Crippen LogP contribution in [0.25, 0.3) is 0 Å². The first-order chi connectivity index (χ1) is 7.13. The van der Waals surface area contributed by atoms with Gasteiger partial charge in [-0.2, -0.15) is 0 Å². The second-order valence-electron chi connectivity index (χ2n) is 3.22. The molecule has 4 heteroatoms. The van der Waals surface area contributed by atoms with Crippen molar-refractivity contribution in [3.05, 3.63) is 35.4 Å². The van der Waals surface area contributed by atoms with Gasteiger partial charge in [-0.3, -0.25) is 0 Å². The Morgan fingerprint density at radius 2 is 2.00 bits per heavy atom. The highest BCUT2D eigenvalue weighted by Gasteiger charge is 2.09. The van der Waals surface area contributed by atoms with Crippen LogP contribution in [0.15, 0.2) is 24.3 Å². The summed E-state index contributed by atoms with van der Waals surface area (Å²) in [6.07, 6.45) is 0. The van der Waals surface area contributed by atoms with Crippen LogP contribution in [-0.4, -0.2) is 22.7 Å². The lowest BCUT2D eigenvalue weighted by Gasteiger charge is -2.07. The van der Waals surface area contributed by atoms with Crippen LogP contribution in [0.3, 0.4) is 0 Å². The number of ether oxygens (including phenoxy) is 1. The summed E-state index contributed by atoms with van der Waals surface area (Å²) in [4.78, 5) is 11.7. The Labute approximate surface area is 106 Å². The predicted octanol–water partition coefficient (Wildman–Crippen LogP) is 3.31. The molecule has 1 rings (SSSR count). The Bertz CT molecular complexity index is 322. The highest BCUT2D eigenvalue weighted by molar-refractivity contribution is 9.12. The maximum absolute atomic E-state index is 11.5. The summed E-state index contributed by atoms with van der Waals surface area (Å²) in [5.74, 6) is -0.277. The highest BCUT2D eigenvalue weighted by atomic mass is 79.9. The van der Waals surface area contributed by atoms with E-state index >= 15 is 0 Å². The van der Waals surface area contributed by atoms with E-state index in [1.54, 1.807) is 12.1 Å². The summed E-state index contributed by atoms with van der Waals surface area (Å²) in [5.41, 5.74) is 1.72.